The number of benzene rings is 1. The molecule has 0 unspecified atom stereocenters. The van der Waals surface area contributed by atoms with Crippen LogP contribution in [0.2, 0.25) is 0 Å². The van der Waals surface area contributed by atoms with Gasteiger partial charge in [0.2, 0.25) is 0 Å². The molecule has 0 aliphatic rings. The second-order valence-corrected chi connectivity index (χ2v) is 7.26. The maximum absolute atomic E-state index is 5.50. The van der Waals surface area contributed by atoms with Crippen molar-refractivity contribution in [3.63, 3.8) is 0 Å². The number of hydrogen-bond acceptors (Lipinski definition) is 4. The van der Waals surface area contributed by atoms with Crippen LogP contribution in [0.1, 0.15) is 38.8 Å². The van der Waals surface area contributed by atoms with Crippen LogP contribution in [0.25, 0.3) is 0 Å². The molecule has 0 aliphatic heterocycles. The molecule has 6 heteroatoms. The number of nitrogens with one attached hydrogen (secondary N) is 2. The van der Waals surface area contributed by atoms with Gasteiger partial charge in [0, 0.05) is 44.3 Å². The summed E-state index contributed by atoms with van der Waals surface area (Å²) in [5.41, 5.74) is 2.16. The Balaban J connectivity index is 2.73. The van der Waals surface area contributed by atoms with E-state index in [1.807, 2.05) is 12.1 Å². The van der Waals surface area contributed by atoms with Crippen molar-refractivity contribution in [1.82, 2.24) is 15.5 Å². The second kappa shape index (κ2) is 12.3. The number of ether oxygens (including phenoxy) is 2. The normalized spacial score (nSPS) is 11.9. The fourth-order valence-corrected chi connectivity index (χ4v) is 3.34. The van der Waals surface area contributed by atoms with E-state index in [0.29, 0.717) is 18.6 Å². The monoisotopic (exact) mass is 390 g/mol. The van der Waals surface area contributed by atoms with Gasteiger partial charge in [0.25, 0.3) is 0 Å². The minimum absolute atomic E-state index is 0.520. The van der Waals surface area contributed by atoms with Crippen molar-refractivity contribution in [3.05, 3.63) is 35.9 Å². The molecule has 0 aromatic heterocycles. The number of hydrogen-bond donors (Lipinski definition) is 2. The summed E-state index contributed by atoms with van der Waals surface area (Å²) in [6.07, 6.45) is 2.59. The maximum Gasteiger partial charge on any atom is 0.191 e. The molecule has 0 amide bonds. The summed E-state index contributed by atoms with van der Waals surface area (Å²) >= 11 is 0. The highest BCUT2D eigenvalue weighted by Gasteiger charge is 2.14. The van der Waals surface area contributed by atoms with Gasteiger partial charge in [-0.2, -0.15) is 0 Å². The molecule has 0 atom stereocenters. The Kier molecular flexibility index (Phi) is 10.5. The van der Waals surface area contributed by atoms with Crippen LogP contribution in [0.4, 0.5) is 0 Å². The van der Waals surface area contributed by atoms with Crippen LogP contribution < -0.4 is 20.1 Å². The molecule has 0 spiro atoms. The van der Waals surface area contributed by atoms with E-state index in [4.69, 9.17) is 9.47 Å². The summed E-state index contributed by atoms with van der Waals surface area (Å²) in [4.78, 5) is 6.78. The molecule has 1 aromatic carbocycles. The average Bonchev–Trinajstić information content (AvgIpc) is 2.66. The molecule has 0 radical (unpaired) electrons. The third kappa shape index (κ3) is 7.08. The molecule has 0 saturated carbocycles. The highest BCUT2D eigenvalue weighted by molar-refractivity contribution is 5.79. The van der Waals surface area contributed by atoms with E-state index < -0.39 is 0 Å². The predicted molar refractivity (Wildman–Crippen MR) is 119 cm³/mol. The smallest absolute Gasteiger partial charge is 0.191 e. The van der Waals surface area contributed by atoms with Crippen molar-refractivity contribution in [3.8, 4) is 11.5 Å². The Labute approximate surface area is 171 Å². The van der Waals surface area contributed by atoms with Gasteiger partial charge in [-0.05, 0) is 51.8 Å². The second-order valence-electron chi connectivity index (χ2n) is 7.26. The van der Waals surface area contributed by atoms with Gasteiger partial charge in [-0.3, -0.25) is 9.89 Å². The van der Waals surface area contributed by atoms with Gasteiger partial charge in [-0.25, -0.2) is 0 Å². The fourth-order valence-electron chi connectivity index (χ4n) is 3.34. The lowest BCUT2D eigenvalue weighted by Gasteiger charge is -2.30. The van der Waals surface area contributed by atoms with Gasteiger partial charge in [0.15, 0.2) is 17.5 Å². The number of allylic oxidation sites excluding steroid dienone is 1. The fraction of sp³-hybridized carbons (Fsp3) is 0.591. The van der Waals surface area contributed by atoms with E-state index in [9.17, 15) is 0 Å². The van der Waals surface area contributed by atoms with E-state index in [-0.39, 0.29) is 0 Å². The minimum Gasteiger partial charge on any atom is -0.493 e. The van der Waals surface area contributed by atoms with Crippen LogP contribution in [-0.4, -0.2) is 57.3 Å². The third-order valence-electron chi connectivity index (χ3n) is 4.65. The van der Waals surface area contributed by atoms with Crippen molar-refractivity contribution in [2.24, 2.45) is 4.99 Å². The van der Waals surface area contributed by atoms with Gasteiger partial charge in [0.05, 0.1) is 14.2 Å². The zero-order chi connectivity index (χ0) is 21.1. The summed E-state index contributed by atoms with van der Waals surface area (Å²) in [7, 11) is 5.10. The van der Waals surface area contributed by atoms with E-state index in [0.717, 1.165) is 48.1 Å². The Morgan fingerprint density at radius 3 is 2.32 bits per heavy atom. The van der Waals surface area contributed by atoms with Gasteiger partial charge in [-0.15, -0.1) is 6.58 Å². The highest BCUT2D eigenvalue weighted by atomic mass is 16.5. The van der Waals surface area contributed by atoms with Gasteiger partial charge < -0.3 is 20.1 Å². The lowest BCUT2D eigenvalue weighted by atomic mass is 10.1. The minimum atomic E-state index is 0.520. The molecule has 1 rings (SSSR count). The zero-order valence-corrected chi connectivity index (χ0v) is 18.6. The van der Waals surface area contributed by atoms with E-state index in [1.165, 1.54) is 0 Å². The van der Waals surface area contributed by atoms with E-state index >= 15 is 0 Å². The third-order valence-corrected chi connectivity index (χ3v) is 4.65. The first-order valence-corrected chi connectivity index (χ1v) is 9.92. The summed E-state index contributed by atoms with van der Waals surface area (Å²) in [5, 5.41) is 6.77. The quantitative estimate of drug-likeness (QED) is 0.345. The van der Waals surface area contributed by atoms with Crippen molar-refractivity contribution < 1.29 is 9.47 Å². The topological polar surface area (TPSA) is 58.1 Å². The molecule has 2 N–H and O–H groups in total. The predicted octanol–water partition coefficient (Wildman–Crippen LogP) is 3.22. The van der Waals surface area contributed by atoms with Crippen molar-refractivity contribution in [2.75, 3.05) is 34.4 Å². The van der Waals surface area contributed by atoms with Crippen LogP contribution in [0.3, 0.4) is 0 Å². The first-order chi connectivity index (χ1) is 13.4. The molecule has 0 saturated heterocycles. The lowest BCUT2D eigenvalue weighted by molar-refractivity contribution is 0.178. The molecule has 0 aliphatic carbocycles. The van der Waals surface area contributed by atoms with Gasteiger partial charge in [0.1, 0.15) is 0 Å². The average molecular weight is 391 g/mol. The van der Waals surface area contributed by atoms with Crippen LogP contribution in [-0.2, 0) is 13.0 Å². The molecule has 1 aromatic rings. The summed E-state index contributed by atoms with van der Waals surface area (Å²) in [6.45, 7) is 15.2. The molecule has 0 bridgehead atoms. The SMILES string of the molecule is C=CCc1cc(CNC(=NC)NCCN(C(C)C)C(C)C)cc(OC)c1OC. The summed E-state index contributed by atoms with van der Waals surface area (Å²) in [6, 6.07) is 5.15. The molecule has 158 valence electrons. The number of rotatable bonds is 11. The lowest BCUT2D eigenvalue weighted by Crippen LogP contribution is -2.45. The summed E-state index contributed by atoms with van der Waals surface area (Å²) < 4.78 is 11.0. The van der Waals surface area contributed by atoms with Crippen LogP contribution in [0.15, 0.2) is 29.8 Å². The summed E-state index contributed by atoms with van der Waals surface area (Å²) in [5.74, 6) is 2.27. The van der Waals surface area contributed by atoms with Gasteiger partial charge in [-0.1, -0.05) is 6.08 Å². The number of nitrogens with zero attached hydrogens (tertiary/aromatic N) is 2. The number of methoxy groups -OCH3 is 2. The van der Waals surface area contributed by atoms with Crippen LogP contribution in [0, 0.1) is 0 Å². The van der Waals surface area contributed by atoms with E-state index in [1.54, 1.807) is 21.3 Å². The van der Waals surface area contributed by atoms with Gasteiger partial charge >= 0.3 is 0 Å². The first-order valence-electron chi connectivity index (χ1n) is 9.92. The maximum atomic E-state index is 5.50. The van der Waals surface area contributed by atoms with Crippen LogP contribution >= 0.6 is 0 Å². The first kappa shape index (κ1) is 23.8. The Hall–Kier alpha value is -2.21. The number of aliphatic imine (C=N–C) groups is 1. The Morgan fingerprint density at radius 1 is 1.14 bits per heavy atom. The highest BCUT2D eigenvalue weighted by Crippen LogP contribution is 2.33. The van der Waals surface area contributed by atoms with Crippen LogP contribution in [0.5, 0.6) is 11.5 Å². The van der Waals surface area contributed by atoms with Crippen molar-refractivity contribution in [2.45, 2.75) is 52.7 Å². The molecule has 6 nitrogen and oxygen atoms in total. The molecule has 0 fully saturated rings. The standard InChI is InChI=1S/C22H38N4O2/c1-9-10-19-13-18(14-20(27-7)21(19)28-8)15-25-22(23-6)24-11-12-26(16(2)3)17(4)5/h9,13-14,16-17H,1,10-12,15H2,2-8H3,(H2,23,24,25). The number of guanidine groups is 1. The van der Waals surface area contributed by atoms with Crippen molar-refractivity contribution in [1.29, 1.82) is 0 Å². The Morgan fingerprint density at radius 2 is 1.82 bits per heavy atom. The zero-order valence-electron chi connectivity index (χ0n) is 18.6. The molecule has 0 heterocycles. The van der Waals surface area contributed by atoms with E-state index in [2.05, 4.69) is 60.9 Å². The molecule has 28 heavy (non-hydrogen) atoms. The molecular weight excluding hydrogens is 352 g/mol. The molecular formula is C22H38N4O2. The largest absolute Gasteiger partial charge is 0.493 e. The van der Waals surface area contributed by atoms with Crippen molar-refractivity contribution >= 4 is 5.96 Å². The Bertz CT molecular complexity index is 634.